The Labute approximate surface area is 123 Å². The highest BCUT2D eigenvalue weighted by Gasteiger charge is 2.08. The molecule has 0 aliphatic carbocycles. The molecule has 1 heterocycles. The van der Waals surface area contributed by atoms with E-state index in [0.29, 0.717) is 37.8 Å². The van der Waals surface area contributed by atoms with Gasteiger partial charge in [0, 0.05) is 12.1 Å². The Kier molecular flexibility index (Phi) is 5.45. The third-order valence-corrected chi connectivity index (χ3v) is 2.87. The van der Waals surface area contributed by atoms with Crippen LogP contribution in [0.25, 0.3) is 11.4 Å². The van der Waals surface area contributed by atoms with Gasteiger partial charge in [-0.2, -0.15) is 4.98 Å². The minimum Gasteiger partial charge on any atom is -0.466 e. The number of rotatable bonds is 7. The number of nitrogens with one attached hydrogen (secondary N) is 1. The fourth-order valence-corrected chi connectivity index (χ4v) is 1.77. The smallest absolute Gasteiger partial charge is 0.307 e. The van der Waals surface area contributed by atoms with Crippen molar-refractivity contribution in [3.63, 3.8) is 0 Å². The van der Waals surface area contributed by atoms with Crippen molar-refractivity contribution in [2.75, 3.05) is 13.2 Å². The van der Waals surface area contributed by atoms with Gasteiger partial charge >= 0.3 is 5.97 Å². The van der Waals surface area contributed by atoms with Crippen LogP contribution in [0.5, 0.6) is 0 Å². The first-order valence-corrected chi connectivity index (χ1v) is 6.95. The number of esters is 1. The van der Waals surface area contributed by atoms with Gasteiger partial charge in [0.1, 0.15) is 0 Å². The zero-order valence-electron chi connectivity index (χ0n) is 12.3. The number of aryl methyl sites for hydroxylation is 1. The number of nitrogens with zero attached hydrogens (tertiary/aromatic N) is 2. The van der Waals surface area contributed by atoms with Crippen LogP contribution in [0.15, 0.2) is 28.8 Å². The van der Waals surface area contributed by atoms with Crippen LogP contribution in [0, 0.1) is 6.92 Å². The first-order chi connectivity index (χ1) is 10.2. The molecule has 0 spiro atoms. The molecule has 112 valence electrons. The van der Waals surface area contributed by atoms with Crippen LogP contribution in [0.1, 0.15) is 24.8 Å². The van der Waals surface area contributed by atoms with Crippen LogP contribution in [0.4, 0.5) is 0 Å². The van der Waals surface area contributed by atoms with Crippen molar-refractivity contribution >= 4 is 5.97 Å². The molecule has 0 unspecified atom stereocenters. The van der Waals surface area contributed by atoms with Crippen LogP contribution in [0.3, 0.4) is 0 Å². The van der Waals surface area contributed by atoms with Crippen molar-refractivity contribution in [1.82, 2.24) is 15.5 Å². The summed E-state index contributed by atoms with van der Waals surface area (Å²) in [4.78, 5) is 15.5. The molecule has 0 aliphatic heterocycles. The van der Waals surface area contributed by atoms with Crippen LogP contribution in [0.2, 0.25) is 0 Å². The summed E-state index contributed by atoms with van der Waals surface area (Å²) in [5.41, 5.74) is 2.10. The highest BCUT2D eigenvalue weighted by atomic mass is 16.5. The maximum atomic E-state index is 11.2. The van der Waals surface area contributed by atoms with E-state index in [2.05, 4.69) is 15.5 Å². The summed E-state index contributed by atoms with van der Waals surface area (Å²) in [5.74, 6) is 0.850. The molecule has 6 nitrogen and oxygen atoms in total. The maximum Gasteiger partial charge on any atom is 0.307 e. The number of carbonyl (C=O) groups is 1. The van der Waals surface area contributed by atoms with E-state index in [1.165, 1.54) is 5.56 Å². The molecule has 0 saturated heterocycles. The van der Waals surface area contributed by atoms with Gasteiger partial charge in [-0.1, -0.05) is 35.0 Å². The Bertz CT molecular complexity index is 578. The summed E-state index contributed by atoms with van der Waals surface area (Å²) in [6.45, 7) is 5.16. The second kappa shape index (κ2) is 7.54. The summed E-state index contributed by atoms with van der Waals surface area (Å²) < 4.78 is 10.00. The van der Waals surface area contributed by atoms with E-state index in [-0.39, 0.29) is 5.97 Å². The van der Waals surface area contributed by atoms with Crippen molar-refractivity contribution in [3.05, 3.63) is 35.7 Å². The molecule has 2 rings (SSSR count). The second-order valence-electron chi connectivity index (χ2n) is 4.61. The highest BCUT2D eigenvalue weighted by molar-refractivity contribution is 5.69. The molecule has 0 atom stereocenters. The Hall–Kier alpha value is -2.21. The number of aromatic nitrogens is 2. The average molecular weight is 289 g/mol. The van der Waals surface area contributed by atoms with Crippen molar-refractivity contribution in [3.8, 4) is 11.4 Å². The minimum atomic E-state index is -0.212. The molecule has 0 bridgehead atoms. The number of carbonyl (C=O) groups excluding carboxylic acids is 1. The maximum absolute atomic E-state index is 11.2. The molecule has 2 aromatic rings. The lowest BCUT2D eigenvalue weighted by Gasteiger charge is -2.01. The molecule has 6 heteroatoms. The summed E-state index contributed by atoms with van der Waals surface area (Å²) in [6.07, 6.45) is 0.326. The van der Waals surface area contributed by atoms with Crippen LogP contribution >= 0.6 is 0 Å². The number of benzene rings is 1. The third kappa shape index (κ3) is 4.68. The van der Waals surface area contributed by atoms with E-state index in [1.54, 1.807) is 6.92 Å². The van der Waals surface area contributed by atoms with Gasteiger partial charge < -0.3 is 14.6 Å². The monoisotopic (exact) mass is 289 g/mol. The Morgan fingerprint density at radius 1 is 1.33 bits per heavy atom. The van der Waals surface area contributed by atoms with Gasteiger partial charge in [-0.3, -0.25) is 4.79 Å². The lowest BCUT2D eigenvalue weighted by molar-refractivity contribution is -0.142. The van der Waals surface area contributed by atoms with Crippen LogP contribution in [-0.2, 0) is 16.1 Å². The Morgan fingerprint density at radius 3 is 2.81 bits per heavy atom. The van der Waals surface area contributed by atoms with E-state index >= 15 is 0 Å². The van der Waals surface area contributed by atoms with Gasteiger partial charge in [0.25, 0.3) is 0 Å². The Morgan fingerprint density at radius 2 is 2.10 bits per heavy atom. The lowest BCUT2D eigenvalue weighted by atomic mass is 10.1. The largest absolute Gasteiger partial charge is 0.466 e. The average Bonchev–Trinajstić information content (AvgIpc) is 2.93. The van der Waals surface area contributed by atoms with E-state index < -0.39 is 0 Å². The zero-order chi connectivity index (χ0) is 15.1. The Balaban J connectivity index is 1.81. The lowest BCUT2D eigenvalue weighted by Crippen LogP contribution is -2.19. The standard InChI is InChI=1S/C15H19N3O3/c1-3-20-14(19)8-9-16-10-13-17-15(18-21-13)12-6-4-11(2)5-7-12/h4-7,16H,3,8-10H2,1-2H3. The summed E-state index contributed by atoms with van der Waals surface area (Å²) in [5, 5.41) is 7.01. The molecule has 1 N–H and O–H groups in total. The second-order valence-corrected chi connectivity index (χ2v) is 4.61. The van der Waals surface area contributed by atoms with Crippen molar-refractivity contribution in [2.24, 2.45) is 0 Å². The number of hydrogen-bond acceptors (Lipinski definition) is 6. The van der Waals surface area contributed by atoms with Crippen molar-refractivity contribution in [1.29, 1.82) is 0 Å². The van der Waals surface area contributed by atoms with Crippen LogP contribution in [-0.4, -0.2) is 29.3 Å². The fraction of sp³-hybridized carbons (Fsp3) is 0.400. The van der Waals surface area contributed by atoms with Crippen molar-refractivity contribution < 1.29 is 14.1 Å². The molecule has 0 saturated carbocycles. The van der Waals surface area contributed by atoms with E-state index in [0.717, 1.165) is 5.56 Å². The minimum absolute atomic E-state index is 0.212. The molecule has 1 aromatic carbocycles. The van der Waals surface area contributed by atoms with Gasteiger partial charge in [-0.25, -0.2) is 0 Å². The molecule has 0 amide bonds. The normalized spacial score (nSPS) is 10.6. The van der Waals surface area contributed by atoms with E-state index in [9.17, 15) is 4.79 Å². The fourth-order valence-electron chi connectivity index (χ4n) is 1.77. The quantitative estimate of drug-likeness (QED) is 0.621. The molecule has 0 fully saturated rings. The van der Waals surface area contributed by atoms with Gasteiger partial charge in [0.05, 0.1) is 19.6 Å². The van der Waals surface area contributed by atoms with Crippen molar-refractivity contribution in [2.45, 2.75) is 26.8 Å². The van der Waals surface area contributed by atoms with E-state index in [1.807, 2.05) is 31.2 Å². The predicted molar refractivity (Wildman–Crippen MR) is 77.4 cm³/mol. The van der Waals surface area contributed by atoms with Crippen LogP contribution < -0.4 is 5.32 Å². The summed E-state index contributed by atoms with van der Waals surface area (Å²) in [6, 6.07) is 7.92. The third-order valence-electron chi connectivity index (χ3n) is 2.87. The predicted octanol–water partition coefficient (Wildman–Crippen LogP) is 2.09. The van der Waals surface area contributed by atoms with Gasteiger partial charge in [-0.15, -0.1) is 0 Å². The zero-order valence-corrected chi connectivity index (χ0v) is 12.3. The van der Waals surface area contributed by atoms with Gasteiger partial charge in [0.15, 0.2) is 0 Å². The highest BCUT2D eigenvalue weighted by Crippen LogP contribution is 2.16. The first-order valence-electron chi connectivity index (χ1n) is 6.95. The number of ether oxygens (including phenoxy) is 1. The first kappa shape index (κ1) is 15.2. The SMILES string of the molecule is CCOC(=O)CCNCc1nc(-c2ccc(C)cc2)no1. The molecular formula is C15H19N3O3. The molecule has 0 radical (unpaired) electrons. The molecule has 1 aromatic heterocycles. The topological polar surface area (TPSA) is 77.2 Å². The molecular weight excluding hydrogens is 270 g/mol. The van der Waals surface area contributed by atoms with Gasteiger partial charge in [-0.05, 0) is 13.8 Å². The summed E-state index contributed by atoms with van der Waals surface area (Å²) >= 11 is 0. The molecule has 21 heavy (non-hydrogen) atoms. The summed E-state index contributed by atoms with van der Waals surface area (Å²) in [7, 11) is 0. The number of hydrogen-bond donors (Lipinski definition) is 1. The van der Waals surface area contributed by atoms with E-state index in [4.69, 9.17) is 9.26 Å². The molecule has 0 aliphatic rings. The van der Waals surface area contributed by atoms with Gasteiger partial charge in [0.2, 0.25) is 11.7 Å².